The lowest BCUT2D eigenvalue weighted by Crippen LogP contribution is -1.74. The van der Waals surface area contributed by atoms with Crippen molar-refractivity contribution >= 4 is 0 Å². The second-order valence-corrected chi connectivity index (χ2v) is 0.887. The van der Waals surface area contributed by atoms with Gasteiger partial charge in [-0.15, -0.1) is 0 Å². The van der Waals surface area contributed by atoms with E-state index < -0.39 is 0 Å². The summed E-state index contributed by atoms with van der Waals surface area (Å²) in [7, 11) is 0. The smallest absolute Gasteiger partial charge is 0.0944 e. The third kappa shape index (κ3) is 5.03. The molecule has 2 heteroatoms. The molecule has 0 aliphatic heterocycles. The van der Waals surface area contributed by atoms with E-state index in [0.29, 0.717) is 6.61 Å². The van der Waals surface area contributed by atoms with Gasteiger partial charge in [0.2, 0.25) is 0 Å². The van der Waals surface area contributed by atoms with E-state index in [4.69, 9.17) is 5.26 Å². The maximum atomic E-state index is 7.88. The SMILES string of the molecule is CCO/C=C\C#N. The largest absolute Gasteiger partial charge is 0.501 e. The lowest BCUT2D eigenvalue weighted by atomic mass is 10.7. The summed E-state index contributed by atoms with van der Waals surface area (Å²) >= 11 is 0. The molecular formula is C5H7NO. The quantitative estimate of drug-likeness (QED) is 0.381. The molecule has 0 radical (unpaired) electrons. The molecule has 0 rings (SSSR count). The lowest BCUT2D eigenvalue weighted by molar-refractivity contribution is 0.269. The topological polar surface area (TPSA) is 33.0 Å². The Morgan fingerprint density at radius 1 is 1.86 bits per heavy atom. The van der Waals surface area contributed by atoms with Crippen LogP contribution in [-0.4, -0.2) is 6.61 Å². The molecule has 0 aliphatic carbocycles. The van der Waals surface area contributed by atoms with Gasteiger partial charge in [0.25, 0.3) is 0 Å². The summed E-state index contributed by atoms with van der Waals surface area (Å²) in [5.74, 6) is 0. The molecule has 0 saturated carbocycles. The van der Waals surface area contributed by atoms with E-state index in [0.717, 1.165) is 0 Å². The van der Waals surface area contributed by atoms with Crippen molar-refractivity contribution in [1.82, 2.24) is 0 Å². The van der Waals surface area contributed by atoms with Gasteiger partial charge >= 0.3 is 0 Å². The van der Waals surface area contributed by atoms with E-state index >= 15 is 0 Å². The van der Waals surface area contributed by atoms with Crippen LogP contribution in [0.2, 0.25) is 0 Å². The maximum Gasteiger partial charge on any atom is 0.0944 e. The summed E-state index contributed by atoms with van der Waals surface area (Å²) in [6, 6.07) is 1.80. The Morgan fingerprint density at radius 3 is 3.00 bits per heavy atom. The summed E-state index contributed by atoms with van der Waals surface area (Å²) in [5, 5.41) is 7.88. The van der Waals surface area contributed by atoms with Crippen LogP contribution in [0, 0.1) is 11.3 Å². The van der Waals surface area contributed by atoms with Crippen molar-refractivity contribution in [3.05, 3.63) is 12.3 Å². The van der Waals surface area contributed by atoms with Gasteiger partial charge in [0.05, 0.1) is 25.0 Å². The highest BCUT2D eigenvalue weighted by molar-refractivity contribution is 4.97. The van der Waals surface area contributed by atoms with Gasteiger partial charge in [-0.05, 0) is 6.92 Å². The molecule has 0 N–H and O–H groups in total. The molecule has 0 heterocycles. The third-order valence-corrected chi connectivity index (χ3v) is 0.405. The first kappa shape index (κ1) is 6.03. The van der Waals surface area contributed by atoms with Crippen LogP contribution < -0.4 is 0 Å². The number of nitriles is 1. The fraction of sp³-hybridized carbons (Fsp3) is 0.400. The van der Waals surface area contributed by atoms with Crippen molar-refractivity contribution in [3.63, 3.8) is 0 Å². The molecular weight excluding hydrogens is 90.1 g/mol. The fourth-order valence-electron chi connectivity index (χ4n) is 0.175. The van der Waals surface area contributed by atoms with Gasteiger partial charge in [0.1, 0.15) is 0 Å². The molecule has 0 atom stereocenters. The molecule has 38 valence electrons. The second-order valence-electron chi connectivity index (χ2n) is 0.887. The molecule has 0 aliphatic rings. The standard InChI is InChI=1S/C5H7NO/c1-2-7-5-3-4-6/h3,5H,2H2,1H3/b5-3-. The predicted molar refractivity (Wildman–Crippen MR) is 26.4 cm³/mol. The van der Waals surface area contributed by atoms with Crippen molar-refractivity contribution < 1.29 is 4.74 Å². The van der Waals surface area contributed by atoms with Gasteiger partial charge in [-0.1, -0.05) is 0 Å². The highest BCUT2D eigenvalue weighted by atomic mass is 16.5. The van der Waals surface area contributed by atoms with Crippen molar-refractivity contribution in [1.29, 1.82) is 5.26 Å². The first-order valence-electron chi connectivity index (χ1n) is 2.08. The molecule has 0 unspecified atom stereocenters. The Balaban J connectivity index is 2.97. The van der Waals surface area contributed by atoms with Gasteiger partial charge in [0, 0.05) is 0 Å². The molecule has 0 aromatic rings. The molecule has 0 aromatic carbocycles. The van der Waals surface area contributed by atoms with Gasteiger partial charge in [0.15, 0.2) is 0 Å². The highest BCUT2D eigenvalue weighted by Crippen LogP contribution is 1.72. The van der Waals surface area contributed by atoms with E-state index in [1.165, 1.54) is 12.3 Å². The summed E-state index contributed by atoms with van der Waals surface area (Å²) in [4.78, 5) is 0. The average molecular weight is 97.1 g/mol. The van der Waals surface area contributed by atoms with Crippen LogP contribution in [0.15, 0.2) is 12.3 Å². The van der Waals surface area contributed by atoms with E-state index in [2.05, 4.69) is 4.74 Å². The maximum absolute atomic E-state index is 7.88. The number of rotatable bonds is 2. The third-order valence-electron chi connectivity index (χ3n) is 0.405. The Labute approximate surface area is 43.0 Å². The van der Waals surface area contributed by atoms with Gasteiger partial charge in [-0.2, -0.15) is 5.26 Å². The number of hydrogen-bond donors (Lipinski definition) is 0. The fourth-order valence-corrected chi connectivity index (χ4v) is 0.175. The normalized spacial score (nSPS) is 8.57. The Kier molecular flexibility index (Phi) is 4.33. The van der Waals surface area contributed by atoms with Crippen molar-refractivity contribution in [2.45, 2.75) is 6.92 Å². The first-order chi connectivity index (χ1) is 3.41. The van der Waals surface area contributed by atoms with E-state index in [1.54, 1.807) is 6.07 Å². The molecule has 0 aromatic heterocycles. The van der Waals surface area contributed by atoms with Crippen LogP contribution in [0.3, 0.4) is 0 Å². The molecule has 0 saturated heterocycles. The molecule has 0 fully saturated rings. The second kappa shape index (κ2) is 5.03. The minimum atomic E-state index is 0.623. The van der Waals surface area contributed by atoms with Crippen molar-refractivity contribution in [2.75, 3.05) is 6.61 Å². The lowest BCUT2D eigenvalue weighted by Gasteiger charge is -1.85. The minimum Gasteiger partial charge on any atom is -0.501 e. The predicted octanol–water partition coefficient (Wildman–Crippen LogP) is 1.06. The average Bonchev–Trinajstić information content (AvgIpc) is 1.69. The van der Waals surface area contributed by atoms with Gasteiger partial charge < -0.3 is 4.74 Å². The van der Waals surface area contributed by atoms with E-state index in [9.17, 15) is 0 Å². The van der Waals surface area contributed by atoms with Crippen LogP contribution in [0.4, 0.5) is 0 Å². The van der Waals surface area contributed by atoms with Crippen LogP contribution in [0.5, 0.6) is 0 Å². The number of ether oxygens (including phenoxy) is 1. The van der Waals surface area contributed by atoms with Gasteiger partial charge in [-0.3, -0.25) is 0 Å². The van der Waals surface area contributed by atoms with E-state index in [-0.39, 0.29) is 0 Å². The summed E-state index contributed by atoms with van der Waals surface area (Å²) in [6.07, 6.45) is 2.67. The van der Waals surface area contributed by atoms with Crippen molar-refractivity contribution in [2.24, 2.45) is 0 Å². The summed E-state index contributed by atoms with van der Waals surface area (Å²) in [6.45, 7) is 2.49. The minimum absolute atomic E-state index is 0.623. The molecule has 2 nitrogen and oxygen atoms in total. The van der Waals surface area contributed by atoms with Crippen LogP contribution in [0.25, 0.3) is 0 Å². The van der Waals surface area contributed by atoms with Crippen molar-refractivity contribution in [3.8, 4) is 6.07 Å². The van der Waals surface area contributed by atoms with E-state index in [1.807, 2.05) is 6.92 Å². The summed E-state index contributed by atoms with van der Waals surface area (Å²) < 4.78 is 4.67. The molecule has 0 bridgehead atoms. The zero-order valence-electron chi connectivity index (χ0n) is 4.22. The Hall–Kier alpha value is -0.970. The number of hydrogen-bond acceptors (Lipinski definition) is 2. The molecule has 0 amide bonds. The number of allylic oxidation sites excluding steroid dienone is 1. The first-order valence-corrected chi connectivity index (χ1v) is 2.08. The Morgan fingerprint density at radius 2 is 2.57 bits per heavy atom. The zero-order chi connectivity index (χ0) is 5.54. The number of nitrogens with zero attached hydrogens (tertiary/aromatic N) is 1. The Bertz CT molecular complexity index is 90.7. The zero-order valence-corrected chi connectivity index (χ0v) is 4.22. The summed E-state index contributed by atoms with van der Waals surface area (Å²) in [5.41, 5.74) is 0. The molecule has 0 spiro atoms. The molecule has 7 heavy (non-hydrogen) atoms. The van der Waals surface area contributed by atoms with Crippen LogP contribution >= 0.6 is 0 Å². The van der Waals surface area contributed by atoms with Gasteiger partial charge in [-0.25, -0.2) is 0 Å². The van der Waals surface area contributed by atoms with Crippen LogP contribution in [-0.2, 0) is 4.74 Å². The monoisotopic (exact) mass is 97.1 g/mol. The highest BCUT2D eigenvalue weighted by Gasteiger charge is 1.63. The van der Waals surface area contributed by atoms with Crippen LogP contribution in [0.1, 0.15) is 6.92 Å².